The highest BCUT2D eigenvalue weighted by molar-refractivity contribution is 5.74. The van der Waals surface area contributed by atoms with Crippen LogP contribution in [0.25, 0.3) is 11.1 Å². The van der Waals surface area contributed by atoms with Crippen molar-refractivity contribution in [1.82, 2.24) is 0 Å². The Morgan fingerprint density at radius 3 is 2.28 bits per heavy atom. The fourth-order valence-corrected chi connectivity index (χ4v) is 3.47. The van der Waals surface area contributed by atoms with Crippen molar-refractivity contribution < 1.29 is 14.6 Å². The molecule has 0 saturated carbocycles. The van der Waals surface area contributed by atoms with E-state index < -0.39 is 6.16 Å². The molecule has 25 heavy (non-hydrogen) atoms. The summed E-state index contributed by atoms with van der Waals surface area (Å²) >= 11 is 0. The predicted octanol–water partition coefficient (Wildman–Crippen LogP) is 6.27. The third kappa shape index (κ3) is 4.62. The Labute approximate surface area is 150 Å². The van der Waals surface area contributed by atoms with E-state index in [1.54, 1.807) is 6.07 Å². The van der Waals surface area contributed by atoms with Gasteiger partial charge in [0, 0.05) is 0 Å². The maximum absolute atomic E-state index is 11.0. The molecular formula is C22H28O3. The fraction of sp³-hybridized carbons (Fsp3) is 0.409. The average Bonchev–Trinajstić information content (AvgIpc) is 2.61. The van der Waals surface area contributed by atoms with Crippen LogP contribution in [0, 0.1) is 0 Å². The van der Waals surface area contributed by atoms with E-state index in [1.807, 2.05) is 13.0 Å². The molecule has 134 valence electrons. The number of carboxylic acid groups (broad SMARTS) is 1. The van der Waals surface area contributed by atoms with E-state index in [0.29, 0.717) is 5.75 Å². The van der Waals surface area contributed by atoms with Gasteiger partial charge in [0.25, 0.3) is 0 Å². The fourth-order valence-electron chi connectivity index (χ4n) is 3.47. The summed E-state index contributed by atoms with van der Waals surface area (Å²) in [4.78, 5) is 11.0. The van der Waals surface area contributed by atoms with Gasteiger partial charge in [0.2, 0.25) is 0 Å². The first-order chi connectivity index (χ1) is 12.1. The number of ether oxygens (including phenoxy) is 1. The van der Waals surface area contributed by atoms with Crippen molar-refractivity contribution in [2.24, 2.45) is 0 Å². The van der Waals surface area contributed by atoms with Gasteiger partial charge in [0.1, 0.15) is 5.75 Å². The summed E-state index contributed by atoms with van der Waals surface area (Å²) in [6.07, 6.45) is 5.04. The molecule has 2 rings (SSSR count). The first kappa shape index (κ1) is 19.0. The van der Waals surface area contributed by atoms with Crippen LogP contribution in [-0.2, 0) is 19.3 Å². The highest BCUT2D eigenvalue weighted by atomic mass is 16.7. The van der Waals surface area contributed by atoms with Gasteiger partial charge in [0.05, 0.1) is 0 Å². The highest BCUT2D eigenvalue weighted by Gasteiger charge is 2.16. The molecule has 0 atom stereocenters. The Morgan fingerprint density at radius 2 is 1.64 bits per heavy atom. The molecule has 0 aromatic heterocycles. The molecule has 0 aliphatic carbocycles. The van der Waals surface area contributed by atoms with Gasteiger partial charge in [-0.25, -0.2) is 4.79 Å². The van der Waals surface area contributed by atoms with Crippen LogP contribution in [0.2, 0.25) is 0 Å². The molecule has 0 aliphatic rings. The molecule has 0 unspecified atom stereocenters. The summed E-state index contributed by atoms with van der Waals surface area (Å²) in [5.41, 5.74) is 5.99. The van der Waals surface area contributed by atoms with E-state index in [0.717, 1.165) is 24.8 Å². The molecule has 3 heteroatoms. The van der Waals surface area contributed by atoms with Crippen molar-refractivity contribution in [2.45, 2.75) is 59.3 Å². The molecule has 2 aromatic carbocycles. The van der Waals surface area contributed by atoms with Gasteiger partial charge in [-0.05, 0) is 59.6 Å². The zero-order valence-electron chi connectivity index (χ0n) is 15.5. The van der Waals surface area contributed by atoms with Crippen molar-refractivity contribution in [1.29, 1.82) is 0 Å². The normalized spacial score (nSPS) is 10.7. The molecule has 1 N–H and O–H groups in total. The molecule has 0 radical (unpaired) electrons. The quantitative estimate of drug-likeness (QED) is 0.350. The number of hydrogen-bond acceptors (Lipinski definition) is 2. The van der Waals surface area contributed by atoms with Crippen molar-refractivity contribution in [3.05, 3.63) is 53.1 Å². The van der Waals surface area contributed by atoms with Gasteiger partial charge < -0.3 is 9.84 Å². The lowest BCUT2D eigenvalue weighted by Crippen LogP contribution is -2.07. The van der Waals surface area contributed by atoms with Crippen LogP contribution in [0.1, 0.15) is 56.7 Å². The van der Waals surface area contributed by atoms with Crippen molar-refractivity contribution in [2.75, 3.05) is 0 Å². The van der Waals surface area contributed by atoms with Crippen LogP contribution in [-0.4, -0.2) is 11.3 Å². The SMILES string of the molecule is CCCCCc1ccccc1-c1ccc(OC(=O)O)c(CC)c1CC. The Kier molecular flexibility index (Phi) is 7.05. The summed E-state index contributed by atoms with van der Waals surface area (Å²) < 4.78 is 5.00. The van der Waals surface area contributed by atoms with Gasteiger partial charge >= 0.3 is 6.16 Å². The Hall–Kier alpha value is -2.29. The smallest absolute Gasteiger partial charge is 0.449 e. The molecule has 0 aliphatic heterocycles. The van der Waals surface area contributed by atoms with Gasteiger partial charge in [-0.2, -0.15) is 0 Å². The summed E-state index contributed by atoms with van der Waals surface area (Å²) in [6, 6.07) is 12.4. The standard InChI is InChI=1S/C22H28O3/c1-4-7-8-11-16-12-9-10-13-19(16)20-14-15-21(25-22(23)24)18(6-3)17(20)5-2/h9-10,12-15H,4-8,11H2,1-3H3,(H,23,24). The first-order valence-corrected chi connectivity index (χ1v) is 9.26. The second-order valence-corrected chi connectivity index (χ2v) is 6.26. The average molecular weight is 340 g/mol. The number of aryl methyl sites for hydroxylation is 1. The van der Waals surface area contributed by atoms with E-state index in [4.69, 9.17) is 9.84 Å². The van der Waals surface area contributed by atoms with E-state index in [9.17, 15) is 4.79 Å². The van der Waals surface area contributed by atoms with Crippen LogP contribution < -0.4 is 4.74 Å². The maximum Gasteiger partial charge on any atom is 0.511 e. The minimum atomic E-state index is -1.26. The molecule has 0 amide bonds. The molecule has 0 spiro atoms. The summed E-state index contributed by atoms with van der Waals surface area (Å²) in [5, 5.41) is 8.98. The van der Waals surface area contributed by atoms with E-state index in [2.05, 4.69) is 38.1 Å². The highest BCUT2D eigenvalue weighted by Crippen LogP contribution is 2.35. The minimum absolute atomic E-state index is 0.457. The minimum Gasteiger partial charge on any atom is -0.449 e. The van der Waals surface area contributed by atoms with Crippen molar-refractivity contribution in [3.63, 3.8) is 0 Å². The number of rotatable bonds is 8. The molecule has 0 heterocycles. The monoisotopic (exact) mass is 340 g/mol. The Morgan fingerprint density at radius 1 is 0.920 bits per heavy atom. The van der Waals surface area contributed by atoms with Crippen LogP contribution in [0.15, 0.2) is 36.4 Å². The predicted molar refractivity (Wildman–Crippen MR) is 103 cm³/mol. The van der Waals surface area contributed by atoms with Gasteiger partial charge in [0.15, 0.2) is 0 Å². The molecule has 0 bridgehead atoms. The third-order valence-electron chi connectivity index (χ3n) is 4.65. The van der Waals surface area contributed by atoms with E-state index in [-0.39, 0.29) is 0 Å². The largest absolute Gasteiger partial charge is 0.511 e. The van der Waals surface area contributed by atoms with Gasteiger partial charge in [-0.1, -0.05) is 63.9 Å². The summed E-state index contributed by atoms with van der Waals surface area (Å²) in [6.45, 7) is 6.37. The lowest BCUT2D eigenvalue weighted by atomic mass is 9.88. The van der Waals surface area contributed by atoms with E-state index >= 15 is 0 Å². The van der Waals surface area contributed by atoms with Crippen molar-refractivity contribution in [3.8, 4) is 16.9 Å². The van der Waals surface area contributed by atoms with Crippen molar-refractivity contribution >= 4 is 6.16 Å². The Balaban J connectivity index is 2.50. The van der Waals surface area contributed by atoms with Gasteiger partial charge in [-0.15, -0.1) is 0 Å². The lowest BCUT2D eigenvalue weighted by molar-refractivity contribution is 0.144. The number of carbonyl (C=O) groups is 1. The maximum atomic E-state index is 11.0. The number of hydrogen-bond donors (Lipinski definition) is 1. The van der Waals surface area contributed by atoms with E-state index in [1.165, 1.54) is 41.5 Å². The van der Waals surface area contributed by atoms with Crippen LogP contribution in [0.3, 0.4) is 0 Å². The van der Waals surface area contributed by atoms with Gasteiger partial charge in [-0.3, -0.25) is 0 Å². The van der Waals surface area contributed by atoms with Crippen LogP contribution in [0.5, 0.6) is 5.75 Å². The second-order valence-electron chi connectivity index (χ2n) is 6.26. The molecule has 0 saturated heterocycles. The summed E-state index contributed by atoms with van der Waals surface area (Å²) in [5.74, 6) is 0.457. The summed E-state index contributed by atoms with van der Waals surface area (Å²) in [7, 11) is 0. The van der Waals surface area contributed by atoms with Crippen LogP contribution in [0.4, 0.5) is 4.79 Å². The number of unbranched alkanes of at least 4 members (excludes halogenated alkanes) is 2. The Bertz CT molecular complexity index is 719. The molecule has 3 nitrogen and oxygen atoms in total. The zero-order chi connectivity index (χ0) is 18.2. The molecule has 0 fully saturated rings. The third-order valence-corrected chi connectivity index (χ3v) is 4.65. The first-order valence-electron chi connectivity index (χ1n) is 9.26. The molecule has 2 aromatic rings. The second kappa shape index (κ2) is 9.26. The number of benzene rings is 2. The van der Waals surface area contributed by atoms with Crippen LogP contribution >= 0.6 is 0 Å². The zero-order valence-corrected chi connectivity index (χ0v) is 15.5. The lowest BCUT2D eigenvalue weighted by Gasteiger charge is -2.18. The molecular weight excluding hydrogens is 312 g/mol. The topological polar surface area (TPSA) is 46.5 Å².